The van der Waals surface area contributed by atoms with E-state index in [0.29, 0.717) is 0 Å². The highest BCUT2D eigenvalue weighted by Gasteiger charge is 2.36. The molecular weight excluding hydrogens is 176 g/mol. The third kappa shape index (κ3) is 2.47. The number of nitrogens with one attached hydrogen (secondary N) is 1. The molecule has 0 aliphatic heterocycles. The number of likely N-dealkylation sites (N-methyl/N-ethyl adjacent to an activating group) is 1. The van der Waals surface area contributed by atoms with Gasteiger partial charge in [0, 0.05) is 0 Å². The molecule has 2 unspecified atom stereocenters. The molecule has 1 aliphatic carbocycles. The highest BCUT2D eigenvalue weighted by atomic mass is 16.1. The molecule has 3 nitrogen and oxygen atoms in total. The predicted molar refractivity (Wildman–Crippen MR) is 57.9 cm³/mol. The lowest BCUT2D eigenvalue weighted by molar-refractivity contribution is -0.125. The quantitative estimate of drug-likeness (QED) is 0.674. The van der Waals surface area contributed by atoms with Crippen molar-refractivity contribution in [1.29, 1.82) is 0 Å². The maximum atomic E-state index is 11.5. The molecule has 0 spiro atoms. The normalized spacial score (nSPS) is 33.7. The third-order valence-electron chi connectivity index (χ3n) is 3.35. The largest absolute Gasteiger partial charge is 0.368 e. The standard InChI is InChI=1S/C11H22N2O/c1-3-13-11(10(12)14)7-4-5-9(2)6-8-11/h9,13H,3-8H2,1-2H3,(H2,12,14). The van der Waals surface area contributed by atoms with Crippen LogP contribution in [0.2, 0.25) is 0 Å². The van der Waals surface area contributed by atoms with Gasteiger partial charge in [0.2, 0.25) is 5.91 Å². The van der Waals surface area contributed by atoms with Crippen LogP contribution in [-0.2, 0) is 4.79 Å². The van der Waals surface area contributed by atoms with E-state index in [1.165, 1.54) is 6.42 Å². The van der Waals surface area contributed by atoms with Crippen molar-refractivity contribution in [3.05, 3.63) is 0 Å². The molecule has 0 bridgehead atoms. The monoisotopic (exact) mass is 198 g/mol. The van der Waals surface area contributed by atoms with Crippen LogP contribution in [0.15, 0.2) is 0 Å². The van der Waals surface area contributed by atoms with Gasteiger partial charge in [0.15, 0.2) is 0 Å². The van der Waals surface area contributed by atoms with Crippen LogP contribution in [0.25, 0.3) is 0 Å². The summed E-state index contributed by atoms with van der Waals surface area (Å²) in [5.74, 6) is 0.559. The summed E-state index contributed by atoms with van der Waals surface area (Å²) in [7, 11) is 0. The topological polar surface area (TPSA) is 55.1 Å². The van der Waals surface area contributed by atoms with Gasteiger partial charge in [0.05, 0.1) is 5.54 Å². The number of hydrogen-bond donors (Lipinski definition) is 2. The van der Waals surface area contributed by atoms with Crippen molar-refractivity contribution in [2.45, 2.75) is 51.5 Å². The lowest BCUT2D eigenvalue weighted by atomic mass is 9.89. The Labute approximate surface area is 86.4 Å². The molecule has 1 aliphatic rings. The second kappa shape index (κ2) is 4.78. The Balaban J connectivity index is 2.70. The van der Waals surface area contributed by atoms with E-state index in [4.69, 9.17) is 5.73 Å². The first-order chi connectivity index (χ1) is 6.60. The lowest BCUT2D eigenvalue weighted by Gasteiger charge is -2.30. The molecular formula is C11H22N2O. The van der Waals surface area contributed by atoms with Crippen LogP contribution in [0.5, 0.6) is 0 Å². The minimum atomic E-state index is -0.417. The zero-order valence-electron chi connectivity index (χ0n) is 9.31. The van der Waals surface area contributed by atoms with Crippen molar-refractivity contribution in [3.8, 4) is 0 Å². The molecule has 1 saturated carbocycles. The molecule has 0 aromatic heterocycles. The van der Waals surface area contributed by atoms with Gasteiger partial charge < -0.3 is 11.1 Å². The number of primary amides is 1. The Morgan fingerprint density at radius 3 is 2.79 bits per heavy atom. The molecule has 3 N–H and O–H groups in total. The van der Waals surface area contributed by atoms with E-state index in [0.717, 1.165) is 38.1 Å². The highest BCUT2D eigenvalue weighted by molar-refractivity contribution is 5.84. The van der Waals surface area contributed by atoms with Crippen LogP contribution in [0.3, 0.4) is 0 Å². The number of carbonyl (C=O) groups excluding carboxylic acids is 1. The summed E-state index contributed by atoms with van der Waals surface area (Å²) in [5.41, 5.74) is 5.08. The molecule has 0 aromatic carbocycles. The Morgan fingerprint density at radius 2 is 2.21 bits per heavy atom. The van der Waals surface area contributed by atoms with E-state index >= 15 is 0 Å². The molecule has 0 aromatic rings. The summed E-state index contributed by atoms with van der Waals surface area (Å²) in [4.78, 5) is 11.5. The summed E-state index contributed by atoms with van der Waals surface area (Å²) in [5, 5.41) is 3.28. The maximum Gasteiger partial charge on any atom is 0.237 e. The van der Waals surface area contributed by atoms with Gasteiger partial charge in [-0.3, -0.25) is 4.79 Å². The molecule has 3 heteroatoms. The molecule has 1 rings (SSSR count). The minimum absolute atomic E-state index is 0.173. The summed E-state index contributed by atoms with van der Waals surface area (Å²) >= 11 is 0. The van der Waals surface area contributed by atoms with Crippen LogP contribution in [-0.4, -0.2) is 18.0 Å². The van der Waals surface area contributed by atoms with E-state index in [9.17, 15) is 4.79 Å². The second-order valence-corrected chi connectivity index (χ2v) is 4.51. The summed E-state index contributed by atoms with van der Waals surface area (Å²) < 4.78 is 0. The Bertz CT molecular complexity index is 205. The van der Waals surface area contributed by atoms with Crippen LogP contribution >= 0.6 is 0 Å². The molecule has 0 radical (unpaired) electrons. The predicted octanol–water partition coefficient (Wildman–Crippen LogP) is 1.42. The van der Waals surface area contributed by atoms with Gasteiger partial charge in [-0.1, -0.05) is 26.7 Å². The average Bonchev–Trinajstić information content (AvgIpc) is 2.30. The van der Waals surface area contributed by atoms with Crippen LogP contribution in [0.1, 0.15) is 46.0 Å². The number of rotatable bonds is 3. The van der Waals surface area contributed by atoms with Crippen molar-refractivity contribution in [3.63, 3.8) is 0 Å². The Hall–Kier alpha value is -0.570. The number of nitrogens with two attached hydrogens (primary N) is 1. The first-order valence-electron chi connectivity index (χ1n) is 5.65. The zero-order valence-corrected chi connectivity index (χ0v) is 9.31. The van der Waals surface area contributed by atoms with Gasteiger partial charge in [-0.25, -0.2) is 0 Å². The zero-order chi connectivity index (χ0) is 10.6. The second-order valence-electron chi connectivity index (χ2n) is 4.51. The van der Waals surface area contributed by atoms with E-state index in [-0.39, 0.29) is 5.91 Å². The number of hydrogen-bond acceptors (Lipinski definition) is 2. The molecule has 0 saturated heterocycles. The molecule has 0 heterocycles. The summed E-state index contributed by atoms with van der Waals surface area (Å²) in [6.07, 6.45) is 5.24. The highest BCUT2D eigenvalue weighted by Crippen LogP contribution is 2.29. The van der Waals surface area contributed by atoms with Gasteiger partial charge in [-0.2, -0.15) is 0 Å². The van der Waals surface area contributed by atoms with E-state index in [1.54, 1.807) is 0 Å². The van der Waals surface area contributed by atoms with E-state index < -0.39 is 5.54 Å². The van der Waals surface area contributed by atoms with Gasteiger partial charge >= 0.3 is 0 Å². The maximum absolute atomic E-state index is 11.5. The SMILES string of the molecule is CCNC1(C(N)=O)CCCC(C)CC1. The first-order valence-corrected chi connectivity index (χ1v) is 5.65. The van der Waals surface area contributed by atoms with Crippen molar-refractivity contribution in [1.82, 2.24) is 5.32 Å². The fourth-order valence-electron chi connectivity index (χ4n) is 2.36. The van der Waals surface area contributed by atoms with Crippen LogP contribution < -0.4 is 11.1 Å². The minimum Gasteiger partial charge on any atom is -0.368 e. The number of amides is 1. The first kappa shape index (κ1) is 11.5. The molecule has 1 amide bonds. The van der Waals surface area contributed by atoms with Gasteiger partial charge in [0.1, 0.15) is 0 Å². The smallest absolute Gasteiger partial charge is 0.237 e. The van der Waals surface area contributed by atoms with Gasteiger partial charge in [-0.15, -0.1) is 0 Å². The fraction of sp³-hybridized carbons (Fsp3) is 0.909. The molecule has 82 valence electrons. The molecule has 1 fully saturated rings. The fourth-order valence-corrected chi connectivity index (χ4v) is 2.36. The van der Waals surface area contributed by atoms with E-state index in [1.807, 2.05) is 6.92 Å². The van der Waals surface area contributed by atoms with Gasteiger partial charge in [0.25, 0.3) is 0 Å². The van der Waals surface area contributed by atoms with Crippen molar-refractivity contribution < 1.29 is 4.79 Å². The Morgan fingerprint density at radius 1 is 1.50 bits per heavy atom. The average molecular weight is 198 g/mol. The summed E-state index contributed by atoms with van der Waals surface area (Å²) in [6, 6.07) is 0. The lowest BCUT2D eigenvalue weighted by Crippen LogP contribution is -2.55. The summed E-state index contributed by atoms with van der Waals surface area (Å²) in [6.45, 7) is 5.10. The van der Waals surface area contributed by atoms with Crippen LogP contribution in [0, 0.1) is 5.92 Å². The van der Waals surface area contributed by atoms with Crippen molar-refractivity contribution in [2.75, 3.05) is 6.54 Å². The van der Waals surface area contributed by atoms with Gasteiger partial charge in [-0.05, 0) is 31.7 Å². The number of carbonyl (C=O) groups is 1. The van der Waals surface area contributed by atoms with Crippen LogP contribution in [0.4, 0.5) is 0 Å². The van der Waals surface area contributed by atoms with E-state index in [2.05, 4.69) is 12.2 Å². The molecule has 2 atom stereocenters. The third-order valence-corrected chi connectivity index (χ3v) is 3.35. The van der Waals surface area contributed by atoms with Crippen molar-refractivity contribution >= 4 is 5.91 Å². The molecule has 14 heavy (non-hydrogen) atoms. The van der Waals surface area contributed by atoms with Crippen molar-refractivity contribution in [2.24, 2.45) is 11.7 Å². The Kier molecular flexibility index (Phi) is 3.93.